The van der Waals surface area contributed by atoms with Crippen molar-refractivity contribution in [1.29, 1.82) is 0 Å². The van der Waals surface area contributed by atoms with Gasteiger partial charge in [-0.15, -0.1) is 21.6 Å². The van der Waals surface area contributed by atoms with E-state index in [0.29, 0.717) is 16.0 Å². The van der Waals surface area contributed by atoms with E-state index in [2.05, 4.69) is 4.98 Å². The first-order valence-electron chi connectivity index (χ1n) is 9.45. The molecule has 0 aliphatic rings. The van der Waals surface area contributed by atoms with Gasteiger partial charge in [0.05, 0.1) is 10.2 Å². The third-order valence-electron chi connectivity index (χ3n) is 4.21. The van der Waals surface area contributed by atoms with Crippen LogP contribution in [0.2, 0.25) is 0 Å². The molecule has 12 nitrogen and oxygen atoms in total. The number of ether oxygens (including phenoxy) is 2. The topological polar surface area (TPSA) is 205 Å². The third-order valence-corrected chi connectivity index (χ3v) is 6.55. The van der Waals surface area contributed by atoms with Crippen LogP contribution in [0, 0.1) is 31.0 Å². The van der Waals surface area contributed by atoms with Crippen molar-refractivity contribution in [3.63, 3.8) is 0 Å². The summed E-state index contributed by atoms with van der Waals surface area (Å²) in [6, 6.07) is 9.03. The van der Waals surface area contributed by atoms with Gasteiger partial charge in [0.15, 0.2) is 11.4 Å². The molecule has 0 aliphatic heterocycles. The number of primary sulfonamides is 1. The number of halogens is 1. The van der Waals surface area contributed by atoms with Gasteiger partial charge in [-0.25, -0.2) is 42.0 Å². The van der Waals surface area contributed by atoms with Crippen LogP contribution >= 0.6 is 11.3 Å². The van der Waals surface area contributed by atoms with Crippen LogP contribution in [0.1, 0.15) is 17.0 Å². The summed E-state index contributed by atoms with van der Waals surface area (Å²) in [5.41, 5.74) is 3.66. The highest BCUT2D eigenvalue weighted by atomic mass is 35.7. The van der Waals surface area contributed by atoms with Crippen LogP contribution in [0.4, 0.5) is 0 Å². The van der Waals surface area contributed by atoms with Gasteiger partial charge in [-0.05, 0) is 30.7 Å². The zero-order valence-corrected chi connectivity index (χ0v) is 20.7. The van der Waals surface area contributed by atoms with Gasteiger partial charge in [-0.1, -0.05) is 0 Å². The van der Waals surface area contributed by atoms with Gasteiger partial charge < -0.3 is 9.47 Å². The van der Waals surface area contributed by atoms with Gasteiger partial charge in [-0.2, -0.15) is 4.57 Å². The molecule has 1 aromatic carbocycles. The number of aryl methyl sites for hydroxylation is 3. The molecule has 3 rings (SSSR count). The summed E-state index contributed by atoms with van der Waals surface area (Å²) >= 11 is 0.975. The van der Waals surface area contributed by atoms with E-state index in [1.54, 1.807) is 18.2 Å². The number of benzene rings is 1. The highest BCUT2D eigenvalue weighted by Gasteiger charge is 2.18. The van der Waals surface area contributed by atoms with Gasteiger partial charge in [0, 0.05) is 26.0 Å². The molecule has 0 aliphatic carbocycles. The highest BCUT2D eigenvalue weighted by molar-refractivity contribution is 7.91. The predicted molar refractivity (Wildman–Crippen MR) is 108 cm³/mol. The molecular weight excluding hydrogens is 514 g/mol. The van der Waals surface area contributed by atoms with Crippen LogP contribution in [-0.4, -0.2) is 32.6 Å². The van der Waals surface area contributed by atoms with Gasteiger partial charge >= 0.3 is 5.97 Å². The minimum atomic E-state index is -4.94. The number of aromatic nitrogens is 2. The molecule has 0 saturated carbocycles. The lowest BCUT2D eigenvalue weighted by Gasteiger charge is -2.17. The van der Waals surface area contributed by atoms with Crippen molar-refractivity contribution < 1.29 is 56.1 Å². The Morgan fingerprint density at radius 1 is 1.09 bits per heavy atom. The van der Waals surface area contributed by atoms with Crippen LogP contribution in [0.3, 0.4) is 0 Å². The number of nitrogens with two attached hydrogens (primary N) is 1. The molecule has 34 heavy (non-hydrogen) atoms. The van der Waals surface area contributed by atoms with Crippen LogP contribution in [0.25, 0.3) is 10.2 Å². The maximum atomic E-state index is 12.1. The first kappa shape index (κ1) is 27.8. The van der Waals surface area contributed by atoms with Crippen molar-refractivity contribution in [2.45, 2.75) is 31.7 Å². The van der Waals surface area contributed by atoms with Crippen molar-refractivity contribution in [1.82, 2.24) is 4.98 Å². The number of hydrogen-bond acceptors (Lipinski definition) is 11. The second kappa shape index (κ2) is 11.3. The van der Waals surface area contributed by atoms with Gasteiger partial charge in [-0.3, -0.25) is 0 Å². The fourth-order valence-electron chi connectivity index (χ4n) is 2.97. The summed E-state index contributed by atoms with van der Waals surface area (Å²) in [5, 5.41) is 5.11. The van der Waals surface area contributed by atoms with Crippen LogP contribution < -0.4 is 33.1 Å². The fraction of sp³-hybridized carbons (Fsp3) is 0.316. The first-order valence-corrected chi connectivity index (χ1v) is 13.0. The summed E-state index contributed by atoms with van der Waals surface area (Å²) in [7, 11) is -8.78. The molecule has 0 spiro atoms. The maximum Gasteiger partial charge on any atom is 0.372 e. The zero-order valence-electron chi connectivity index (χ0n) is 18.3. The van der Waals surface area contributed by atoms with Gasteiger partial charge in [0.2, 0.25) is 10.9 Å². The molecule has 3 aromatic rings. The summed E-state index contributed by atoms with van der Waals surface area (Å²) < 4.78 is 70.0. The number of carbonyl (C=O) groups is 1. The first-order chi connectivity index (χ1) is 15.6. The minimum Gasteiger partial charge on any atom is -0.490 e. The average molecular weight is 536 g/mol. The predicted octanol–water partition coefficient (Wildman–Crippen LogP) is -2.98. The number of hydrogen-bond donors (Lipinski definition) is 1. The number of pyridine rings is 1. The molecule has 2 heterocycles. The van der Waals surface area contributed by atoms with Crippen molar-refractivity contribution >= 4 is 37.5 Å². The zero-order chi connectivity index (χ0) is 25.7. The summed E-state index contributed by atoms with van der Waals surface area (Å²) in [5.74, 6) is 0.183. The van der Waals surface area contributed by atoms with E-state index in [1.165, 1.54) is 0 Å². The molecular formula is C19H22ClN3O9S2. The molecule has 2 N–H and O–H groups in total. The molecule has 0 amide bonds. The summed E-state index contributed by atoms with van der Waals surface area (Å²) in [6.07, 6.45) is 0. The Hall–Kier alpha value is -2.43. The Kier molecular flexibility index (Phi) is 9.27. The molecule has 0 fully saturated rings. The molecule has 0 unspecified atom stereocenters. The Morgan fingerprint density at radius 3 is 2.24 bits per heavy atom. The summed E-state index contributed by atoms with van der Waals surface area (Å²) in [6.45, 7) is 6.34. The Bertz CT molecular complexity index is 1240. The number of thiazole rings is 1. The van der Waals surface area contributed by atoms with Crippen LogP contribution in [-0.2, 0) is 26.1 Å². The van der Waals surface area contributed by atoms with Crippen molar-refractivity contribution in [3.05, 3.63) is 47.3 Å². The van der Waals surface area contributed by atoms with Crippen LogP contribution in [0.15, 0.2) is 34.7 Å². The van der Waals surface area contributed by atoms with E-state index in [1.807, 2.05) is 37.5 Å². The number of sulfonamides is 1. The lowest BCUT2D eigenvalue weighted by atomic mass is 10.2. The number of esters is 1. The van der Waals surface area contributed by atoms with Gasteiger partial charge in [0.25, 0.3) is 10.0 Å². The molecule has 0 bridgehead atoms. The second-order valence-corrected chi connectivity index (χ2v) is 10.5. The quantitative estimate of drug-likeness (QED) is 0.184. The maximum absolute atomic E-state index is 12.1. The largest absolute Gasteiger partial charge is 0.490 e. The number of rotatable bonds is 7. The Morgan fingerprint density at radius 2 is 1.68 bits per heavy atom. The van der Waals surface area contributed by atoms with E-state index < -0.39 is 20.3 Å². The number of carbonyl (C=O) groups excluding carboxylic acids is 1. The molecule has 0 radical (unpaired) electrons. The second-order valence-electron chi connectivity index (χ2n) is 7.00. The van der Waals surface area contributed by atoms with E-state index in [0.717, 1.165) is 28.3 Å². The van der Waals surface area contributed by atoms with Crippen molar-refractivity contribution in [2.24, 2.45) is 5.14 Å². The fourth-order valence-corrected chi connectivity index (χ4v) is 4.65. The molecule has 0 saturated heterocycles. The van der Waals surface area contributed by atoms with E-state index in [9.17, 15) is 13.2 Å². The normalized spacial score (nSPS) is 11.6. The van der Waals surface area contributed by atoms with E-state index >= 15 is 0 Å². The Labute approximate surface area is 201 Å². The molecule has 186 valence electrons. The highest BCUT2D eigenvalue weighted by Crippen LogP contribution is 2.28. The van der Waals surface area contributed by atoms with Gasteiger partial charge in [0.1, 0.15) is 19.0 Å². The molecule has 2 aromatic heterocycles. The van der Waals surface area contributed by atoms with Crippen LogP contribution in [0.5, 0.6) is 5.75 Å². The molecule has 15 heteroatoms. The summed E-state index contributed by atoms with van der Waals surface area (Å²) in [4.78, 5) is 16.1. The van der Waals surface area contributed by atoms with E-state index in [4.69, 9.17) is 33.2 Å². The third kappa shape index (κ3) is 9.08. The smallest absolute Gasteiger partial charge is 0.372 e. The van der Waals surface area contributed by atoms with Crippen molar-refractivity contribution in [3.8, 4) is 5.75 Å². The lowest BCUT2D eigenvalue weighted by Crippen LogP contribution is -2.68. The average Bonchev–Trinajstić information content (AvgIpc) is 3.11. The molecule has 0 atom stereocenters. The number of fused-ring (bicyclic) bond motifs is 1. The van der Waals surface area contributed by atoms with Crippen molar-refractivity contribution in [2.75, 3.05) is 13.2 Å². The number of nitrogens with zero attached hydrogens (tertiary/aromatic N) is 2. The minimum absolute atomic E-state index is 0.104. The SMILES string of the molecule is Cc1cc(C)[n+](CC(=O)OCCOc2ccc3nc(S(N)(=O)=O)sc3c2)c(C)c1.[O-][Cl+3]([O-])([O-])[O-]. The monoisotopic (exact) mass is 535 g/mol. The Balaban J connectivity index is 0.000000739. The van der Waals surface area contributed by atoms with E-state index in [-0.39, 0.29) is 30.1 Å². The standard InChI is InChI=1S/C19H22N3O5S2.ClHO4/c1-12-8-13(2)22(14(3)9-12)11-18(23)27-7-6-26-15-4-5-16-17(10-15)28-19(21-16)29(20,24)25;2-1(3,4)5/h4-5,8-10H,6-7,11H2,1-3H3,(H2,20,24,25);(H,2,3,4,5)/q+1;/p-1. The lowest BCUT2D eigenvalue weighted by molar-refractivity contribution is -2.00.